The van der Waals surface area contributed by atoms with Crippen LogP contribution in [0.25, 0.3) is 0 Å². The maximum absolute atomic E-state index is 11.0. The Morgan fingerprint density at radius 2 is 2.06 bits per heavy atom. The third kappa shape index (κ3) is 4.33. The van der Waals surface area contributed by atoms with E-state index in [2.05, 4.69) is 4.98 Å². The molecular formula is C13H22N4O. The molecule has 18 heavy (non-hydrogen) atoms. The van der Waals surface area contributed by atoms with E-state index in [9.17, 15) is 4.79 Å². The Labute approximate surface area is 109 Å². The quantitative estimate of drug-likeness (QED) is 0.813. The molecule has 5 heteroatoms. The molecule has 0 radical (unpaired) electrons. The number of hydrogen-bond acceptors (Lipinski definition) is 4. The monoisotopic (exact) mass is 250 g/mol. The number of carbonyl (C=O) groups is 1. The van der Waals surface area contributed by atoms with Crippen molar-refractivity contribution < 1.29 is 4.79 Å². The van der Waals surface area contributed by atoms with Gasteiger partial charge in [-0.2, -0.15) is 0 Å². The van der Waals surface area contributed by atoms with E-state index in [1.807, 2.05) is 56.1 Å². The number of pyridine rings is 1. The van der Waals surface area contributed by atoms with E-state index in [0.29, 0.717) is 6.54 Å². The number of hydrogen-bond donors (Lipinski definition) is 1. The van der Waals surface area contributed by atoms with Gasteiger partial charge in [-0.25, -0.2) is 4.98 Å². The molecular weight excluding hydrogens is 228 g/mol. The number of anilines is 1. The largest absolute Gasteiger partial charge is 0.369 e. The van der Waals surface area contributed by atoms with Crippen LogP contribution >= 0.6 is 0 Å². The Bertz CT molecular complexity index is 386. The molecule has 0 saturated carbocycles. The first-order valence-electron chi connectivity index (χ1n) is 6.04. The molecule has 1 heterocycles. The van der Waals surface area contributed by atoms with E-state index < -0.39 is 0 Å². The van der Waals surface area contributed by atoms with Gasteiger partial charge in [0.1, 0.15) is 5.82 Å². The third-order valence-corrected chi connectivity index (χ3v) is 2.74. The molecule has 100 valence electrons. The molecule has 1 rings (SSSR count). The van der Waals surface area contributed by atoms with Crippen molar-refractivity contribution >= 4 is 11.7 Å². The smallest absolute Gasteiger partial charge is 0.231 e. The molecule has 0 aliphatic heterocycles. The first-order chi connectivity index (χ1) is 8.40. The van der Waals surface area contributed by atoms with Gasteiger partial charge in [0.15, 0.2) is 0 Å². The summed E-state index contributed by atoms with van der Waals surface area (Å²) < 4.78 is 0. The highest BCUT2D eigenvalue weighted by atomic mass is 16.1. The summed E-state index contributed by atoms with van der Waals surface area (Å²) in [7, 11) is 3.91. The molecule has 0 spiro atoms. The molecule has 0 fully saturated rings. The highest BCUT2D eigenvalue weighted by Crippen LogP contribution is 2.11. The Balaban J connectivity index is 2.72. The number of nitrogens with zero attached hydrogens (tertiary/aromatic N) is 3. The van der Waals surface area contributed by atoms with Crippen LogP contribution in [0.1, 0.15) is 19.4 Å². The lowest BCUT2D eigenvalue weighted by Crippen LogP contribution is -2.38. The fourth-order valence-electron chi connectivity index (χ4n) is 1.63. The maximum atomic E-state index is 11.0. The van der Waals surface area contributed by atoms with E-state index in [1.54, 1.807) is 0 Å². The molecule has 5 nitrogen and oxygen atoms in total. The van der Waals surface area contributed by atoms with Crippen LogP contribution in [-0.2, 0) is 11.3 Å². The highest BCUT2D eigenvalue weighted by Gasteiger charge is 2.12. The van der Waals surface area contributed by atoms with E-state index in [-0.39, 0.29) is 18.5 Å². The van der Waals surface area contributed by atoms with Crippen LogP contribution in [0.15, 0.2) is 18.3 Å². The summed E-state index contributed by atoms with van der Waals surface area (Å²) in [6.45, 7) is 5.05. The SMILES string of the molecule is CC(C)N(CC(N)=O)Cc1ccc(N(C)C)nc1. The Kier molecular flexibility index (Phi) is 5.09. The second kappa shape index (κ2) is 6.35. The van der Waals surface area contributed by atoms with Gasteiger partial charge in [-0.3, -0.25) is 9.69 Å². The topological polar surface area (TPSA) is 62.5 Å². The predicted octanol–water partition coefficient (Wildman–Crippen LogP) is 0.843. The van der Waals surface area contributed by atoms with Crippen LogP contribution in [0.5, 0.6) is 0 Å². The molecule has 1 aromatic heterocycles. The number of amides is 1. The maximum Gasteiger partial charge on any atom is 0.231 e. The lowest BCUT2D eigenvalue weighted by atomic mass is 10.2. The zero-order valence-electron chi connectivity index (χ0n) is 11.6. The Morgan fingerprint density at radius 1 is 1.39 bits per heavy atom. The zero-order valence-corrected chi connectivity index (χ0v) is 11.6. The van der Waals surface area contributed by atoms with Crippen LogP contribution in [0.2, 0.25) is 0 Å². The lowest BCUT2D eigenvalue weighted by molar-refractivity contribution is -0.119. The van der Waals surface area contributed by atoms with Gasteiger partial charge < -0.3 is 10.6 Å². The summed E-state index contributed by atoms with van der Waals surface area (Å²) in [5.41, 5.74) is 6.32. The average molecular weight is 250 g/mol. The number of aromatic nitrogens is 1. The molecule has 0 aromatic carbocycles. The van der Waals surface area contributed by atoms with E-state index in [1.165, 1.54) is 0 Å². The molecule has 1 amide bonds. The van der Waals surface area contributed by atoms with Crippen LogP contribution < -0.4 is 10.6 Å². The van der Waals surface area contributed by atoms with Gasteiger partial charge in [-0.1, -0.05) is 6.07 Å². The van der Waals surface area contributed by atoms with Crippen LogP contribution in [0.4, 0.5) is 5.82 Å². The van der Waals surface area contributed by atoms with Crippen LogP contribution in [0, 0.1) is 0 Å². The minimum Gasteiger partial charge on any atom is -0.369 e. The predicted molar refractivity (Wildman–Crippen MR) is 73.3 cm³/mol. The van der Waals surface area contributed by atoms with Crippen LogP contribution in [-0.4, -0.2) is 42.5 Å². The van der Waals surface area contributed by atoms with Gasteiger partial charge in [-0.05, 0) is 25.5 Å². The van der Waals surface area contributed by atoms with Crippen molar-refractivity contribution in [1.29, 1.82) is 0 Å². The van der Waals surface area contributed by atoms with Gasteiger partial charge in [0.25, 0.3) is 0 Å². The summed E-state index contributed by atoms with van der Waals surface area (Å²) in [6.07, 6.45) is 1.84. The van der Waals surface area contributed by atoms with Crippen molar-refractivity contribution in [2.75, 3.05) is 25.5 Å². The second-order valence-corrected chi connectivity index (χ2v) is 4.88. The number of rotatable bonds is 6. The lowest BCUT2D eigenvalue weighted by Gasteiger charge is -2.25. The minimum absolute atomic E-state index is 0.269. The number of nitrogens with two attached hydrogens (primary N) is 1. The number of primary amides is 1. The summed E-state index contributed by atoms with van der Waals surface area (Å²) in [4.78, 5) is 19.3. The van der Waals surface area contributed by atoms with Gasteiger partial charge in [0.05, 0.1) is 6.54 Å². The minimum atomic E-state index is -0.304. The third-order valence-electron chi connectivity index (χ3n) is 2.74. The molecule has 0 saturated heterocycles. The van der Waals surface area contributed by atoms with Gasteiger partial charge in [-0.15, -0.1) is 0 Å². The van der Waals surface area contributed by atoms with E-state index in [0.717, 1.165) is 11.4 Å². The van der Waals surface area contributed by atoms with Gasteiger partial charge >= 0.3 is 0 Å². The molecule has 0 atom stereocenters. The van der Waals surface area contributed by atoms with Crippen molar-refractivity contribution in [3.63, 3.8) is 0 Å². The fraction of sp³-hybridized carbons (Fsp3) is 0.538. The van der Waals surface area contributed by atoms with E-state index >= 15 is 0 Å². The normalized spacial score (nSPS) is 11.0. The van der Waals surface area contributed by atoms with Crippen molar-refractivity contribution in [3.8, 4) is 0 Å². The molecule has 0 aliphatic carbocycles. The molecule has 2 N–H and O–H groups in total. The summed E-state index contributed by atoms with van der Waals surface area (Å²) >= 11 is 0. The Hall–Kier alpha value is -1.62. The highest BCUT2D eigenvalue weighted by molar-refractivity contribution is 5.75. The fourth-order valence-corrected chi connectivity index (χ4v) is 1.63. The molecule has 0 unspecified atom stereocenters. The zero-order chi connectivity index (χ0) is 13.7. The number of carbonyl (C=O) groups excluding carboxylic acids is 1. The van der Waals surface area contributed by atoms with Crippen molar-refractivity contribution in [3.05, 3.63) is 23.9 Å². The molecule has 0 bridgehead atoms. The molecule has 0 aliphatic rings. The Morgan fingerprint density at radius 3 is 2.44 bits per heavy atom. The standard InChI is InChI=1S/C13H22N4O/c1-10(2)17(9-12(14)18)8-11-5-6-13(15-7-11)16(3)4/h5-7,10H,8-9H2,1-4H3,(H2,14,18). The van der Waals surface area contributed by atoms with Crippen molar-refractivity contribution in [1.82, 2.24) is 9.88 Å². The first-order valence-corrected chi connectivity index (χ1v) is 6.04. The second-order valence-electron chi connectivity index (χ2n) is 4.88. The summed E-state index contributed by atoms with van der Waals surface area (Å²) in [6, 6.07) is 4.27. The first kappa shape index (κ1) is 14.4. The molecule has 1 aromatic rings. The average Bonchev–Trinajstić information content (AvgIpc) is 2.28. The van der Waals surface area contributed by atoms with E-state index in [4.69, 9.17) is 5.73 Å². The van der Waals surface area contributed by atoms with Gasteiger partial charge in [0, 0.05) is 32.9 Å². The summed E-state index contributed by atoms with van der Waals surface area (Å²) in [5, 5.41) is 0. The van der Waals surface area contributed by atoms with Crippen molar-refractivity contribution in [2.24, 2.45) is 5.73 Å². The van der Waals surface area contributed by atoms with Crippen molar-refractivity contribution in [2.45, 2.75) is 26.4 Å². The van der Waals surface area contributed by atoms with Gasteiger partial charge in [0.2, 0.25) is 5.91 Å². The summed E-state index contributed by atoms with van der Waals surface area (Å²) in [5.74, 6) is 0.617. The van der Waals surface area contributed by atoms with Crippen LogP contribution in [0.3, 0.4) is 0 Å².